The number of carbonyl (C=O) groups is 2. The molecule has 3 rings (SSSR count). The van der Waals surface area contributed by atoms with Crippen molar-refractivity contribution in [3.63, 3.8) is 0 Å². The molecule has 0 saturated heterocycles. The molecule has 0 unspecified atom stereocenters. The SMILES string of the molecule is O=C1CC[C@@H](C(=O)Nc2c(F)cc(F)cc2Cl)n2cccc21. The van der Waals surface area contributed by atoms with Crippen LogP contribution >= 0.6 is 11.6 Å². The van der Waals surface area contributed by atoms with Crippen LogP contribution < -0.4 is 5.32 Å². The van der Waals surface area contributed by atoms with Crippen LogP contribution in [0.1, 0.15) is 29.4 Å². The Bertz CT molecular complexity index is 750. The third-order valence-electron chi connectivity index (χ3n) is 3.60. The molecule has 1 atom stereocenters. The van der Waals surface area contributed by atoms with E-state index in [0.29, 0.717) is 18.2 Å². The number of benzene rings is 1. The molecular weight excluding hydrogens is 314 g/mol. The Morgan fingerprint density at radius 3 is 2.86 bits per heavy atom. The van der Waals surface area contributed by atoms with Gasteiger partial charge in [0.1, 0.15) is 11.9 Å². The molecule has 1 amide bonds. The number of nitrogens with zero attached hydrogens (tertiary/aromatic N) is 1. The van der Waals surface area contributed by atoms with Crippen LogP contribution in [0.3, 0.4) is 0 Å². The predicted molar refractivity (Wildman–Crippen MR) is 77.0 cm³/mol. The lowest BCUT2D eigenvalue weighted by Gasteiger charge is -2.24. The number of ketones is 1. The number of carbonyl (C=O) groups excluding carboxylic acids is 2. The zero-order valence-electron chi connectivity index (χ0n) is 11.3. The Morgan fingerprint density at radius 2 is 2.14 bits per heavy atom. The van der Waals surface area contributed by atoms with E-state index in [-0.39, 0.29) is 22.9 Å². The summed E-state index contributed by atoms with van der Waals surface area (Å²) in [5.74, 6) is -2.31. The summed E-state index contributed by atoms with van der Waals surface area (Å²) >= 11 is 5.76. The van der Waals surface area contributed by atoms with E-state index in [1.54, 1.807) is 22.9 Å². The zero-order chi connectivity index (χ0) is 15.9. The van der Waals surface area contributed by atoms with E-state index in [1.807, 2.05) is 0 Å². The number of nitrogens with one attached hydrogen (secondary N) is 1. The fraction of sp³-hybridized carbons (Fsp3) is 0.200. The number of hydrogen-bond donors (Lipinski definition) is 1. The van der Waals surface area contributed by atoms with E-state index in [9.17, 15) is 18.4 Å². The number of Topliss-reactive ketones (excluding diaryl/α,β-unsaturated/α-hetero) is 1. The Labute approximate surface area is 129 Å². The van der Waals surface area contributed by atoms with Crippen LogP contribution in [0.5, 0.6) is 0 Å². The molecule has 2 heterocycles. The van der Waals surface area contributed by atoms with Crippen LogP contribution in [0.25, 0.3) is 0 Å². The molecule has 0 fully saturated rings. The number of amides is 1. The molecule has 4 nitrogen and oxygen atoms in total. The fourth-order valence-electron chi connectivity index (χ4n) is 2.56. The van der Waals surface area contributed by atoms with E-state index in [0.717, 1.165) is 6.07 Å². The van der Waals surface area contributed by atoms with Crippen LogP contribution in [0.15, 0.2) is 30.5 Å². The lowest BCUT2D eigenvalue weighted by atomic mass is 10.0. The van der Waals surface area contributed by atoms with Crippen LogP contribution in [-0.4, -0.2) is 16.3 Å². The fourth-order valence-corrected chi connectivity index (χ4v) is 2.80. The second kappa shape index (κ2) is 5.53. The summed E-state index contributed by atoms with van der Waals surface area (Å²) in [6.45, 7) is 0. The number of hydrogen-bond acceptors (Lipinski definition) is 2. The smallest absolute Gasteiger partial charge is 0.247 e. The maximum atomic E-state index is 13.7. The molecule has 1 N–H and O–H groups in total. The third-order valence-corrected chi connectivity index (χ3v) is 3.90. The number of rotatable bonds is 2. The van der Waals surface area contributed by atoms with Crippen molar-refractivity contribution in [3.8, 4) is 0 Å². The molecule has 0 saturated carbocycles. The third kappa shape index (κ3) is 2.50. The van der Waals surface area contributed by atoms with Crippen molar-refractivity contribution in [3.05, 3.63) is 52.8 Å². The van der Waals surface area contributed by atoms with E-state index >= 15 is 0 Å². The monoisotopic (exact) mass is 324 g/mol. The summed E-state index contributed by atoms with van der Waals surface area (Å²) in [5.41, 5.74) is 0.177. The maximum absolute atomic E-state index is 13.7. The van der Waals surface area contributed by atoms with Crippen molar-refractivity contribution in [2.24, 2.45) is 0 Å². The van der Waals surface area contributed by atoms with Gasteiger partial charge in [-0.3, -0.25) is 9.59 Å². The largest absolute Gasteiger partial charge is 0.333 e. The molecule has 0 bridgehead atoms. The van der Waals surface area contributed by atoms with Crippen molar-refractivity contribution >= 4 is 29.0 Å². The second-order valence-corrected chi connectivity index (χ2v) is 5.42. The average molecular weight is 325 g/mol. The van der Waals surface area contributed by atoms with Gasteiger partial charge in [-0.05, 0) is 24.6 Å². The van der Waals surface area contributed by atoms with Crippen LogP contribution in [0, 0.1) is 11.6 Å². The summed E-state index contributed by atoms with van der Waals surface area (Å²) in [5, 5.41) is 2.16. The Kier molecular flexibility index (Phi) is 3.70. The van der Waals surface area contributed by atoms with Crippen molar-refractivity contribution in [1.82, 2.24) is 4.57 Å². The minimum atomic E-state index is -0.946. The van der Waals surface area contributed by atoms with Crippen LogP contribution in [0.2, 0.25) is 5.02 Å². The molecule has 2 aromatic rings. The van der Waals surface area contributed by atoms with E-state index < -0.39 is 23.6 Å². The maximum Gasteiger partial charge on any atom is 0.247 e. The Morgan fingerprint density at radius 1 is 1.36 bits per heavy atom. The van der Waals surface area contributed by atoms with Crippen LogP contribution in [0.4, 0.5) is 14.5 Å². The second-order valence-electron chi connectivity index (χ2n) is 5.01. The summed E-state index contributed by atoms with van der Waals surface area (Å²) in [4.78, 5) is 24.1. The number of halogens is 3. The van der Waals surface area contributed by atoms with Crippen molar-refractivity contribution in [1.29, 1.82) is 0 Å². The molecular formula is C15H11ClF2N2O2. The highest BCUT2D eigenvalue weighted by Crippen LogP contribution is 2.30. The molecule has 0 spiro atoms. The van der Waals surface area contributed by atoms with E-state index in [2.05, 4.69) is 5.32 Å². The van der Waals surface area contributed by atoms with Gasteiger partial charge < -0.3 is 9.88 Å². The van der Waals surface area contributed by atoms with Gasteiger partial charge in [-0.2, -0.15) is 0 Å². The van der Waals surface area contributed by atoms with Crippen molar-refractivity contribution in [2.45, 2.75) is 18.9 Å². The highest BCUT2D eigenvalue weighted by molar-refractivity contribution is 6.33. The van der Waals surface area contributed by atoms with Gasteiger partial charge in [0.05, 0.1) is 16.4 Å². The standard InChI is InChI=1S/C15H11ClF2N2O2/c16-9-6-8(17)7-10(18)14(9)19-15(22)12-3-4-13(21)11-2-1-5-20(11)12/h1-2,5-7,12H,3-4H2,(H,19,22)/t12-/m0/s1. The molecule has 0 radical (unpaired) electrons. The molecule has 0 aliphatic carbocycles. The zero-order valence-corrected chi connectivity index (χ0v) is 12.0. The normalized spacial score (nSPS) is 17.2. The highest BCUT2D eigenvalue weighted by atomic mass is 35.5. The minimum absolute atomic E-state index is 0.0416. The van der Waals surface area contributed by atoms with Gasteiger partial charge in [-0.25, -0.2) is 8.78 Å². The first-order chi connectivity index (χ1) is 10.5. The van der Waals surface area contributed by atoms with E-state index in [4.69, 9.17) is 11.6 Å². The van der Waals surface area contributed by atoms with Gasteiger partial charge in [0.15, 0.2) is 11.6 Å². The van der Waals surface area contributed by atoms with Gasteiger partial charge in [0, 0.05) is 18.7 Å². The Balaban J connectivity index is 1.88. The van der Waals surface area contributed by atoms with E-state index in [1.165, 1.54) is 0 Å². The molecule has 7 heteroatoms. The first-order valence-corrected chi connectivity index (χ1v) is 7.00. The molecule has 1 aromatic carbocycles. The first kappa shape index (κ1) is 14.7. The average Bonchev–Trinajstić information content (AvgIpc) is 2.93. The summed E-state index contributed by atoms with van der Waals surface area (Å²) in [6, 6.07) is 4.24. The number of fused-ring (bicyclic) bond motifs is 1. The van der Waals surface area contributed by atoms with Gasteiger partial charge >= 0.3 is 0 Å². The summed E-state index contributed by atoms with van der Waals surface area (Å²) in [7, 11) is 0. The number of aromatic nitrogens is 1. The van der Waals surface area contributed by atoms with Gasteiger partial charge in [-0.1, -0.05) is 11.6 Å². The first-order valence-electron chi connectivity index (χ1n) is 6.63. The molecule has 1 aromatic heterocycles. The lowest BCUT2D eigenvalue weighted by Crippen LogP contribution is -2.31. The Hall–Kier alpha value is -2.21. The lowest BCUT2D eigenvalue weighted by molar-refractivity contribution is -0.119. The molecule has 114 valence electrons. The van der Waals surface area contributed by atoms with Gasteiger partial charge in [-0.15, -0.1) is 0 Å². The van der Waals surface area contributed by atoms with Gasteiger partial charge in [0.25, 0.3) is 0 Å². The van der Waals surface area contributed by atoms with Crippen molar-refractivity contribution < 1.29 is 18.4 Å². The van der Waals surface area contributed by atoms with Gasteiger partial charge in [0.2, 0.25) is 5.91 Å². The highest BCUT2D eigenvalue weighted by Gasteiger charge is 2.30. The molecule has 22 heavy (non-hydrogen) atoms. The summed E-state index contributed by atoms with van der Waals surface area (Å²) in [6.07, 6.45) is 2.17. The number of anilines is 1. The topological polar surface area (TPSA) is 51.1 Å². The molecule has 1 aliphatic heterocycles. The predicted octanol–water partition coefficient (Wildman–Crippen LogP) is 3.58. The minimum Gasteiger partial charge on any atom is -0.333 e. The van der Waals surface area contributed by atoms with Crippen LogP contribution in [-0.2, 0) is 4.79 Å². The van der Waals surface area contributed by atoms with Crippen molar-refractivity contribution in [2.75, 3.05) is 5.32 Å². The summed E-state index contributed by atoms with van der Waals surface area (Å²) < 4.78 is 28.3. The molecule has 1 aliphatic rings. The quantitative estimate of drug-likeness (QED) is 0.918.